The smallest absolute Gasteiger partial charge is 0.404 e. The Bertz CT molecular complexity index is 1580. The number of piperidine rings is 1. The van der Waals surface area contributed by atoms with Gasteiger partial charge in [0, 0.05) is 49.1 Å². The summed E-state index contributed by atoms with van der Waals surface area (Å²) < 4.78 is 45.7. The highest BCUT2D eigenvalue weighted by atomic mass is 32.2. The van der Waals surface area contributed by atoms with E-state index < -0.39 is 33.0 Å². The van der Waals surface area contributed by atoms with Crippen molar-refractivity contribution in [3.8, 4) is 0 Å². The first-order valence-corrected chi connectivity index (χ1v) is 18.9. The Balaban J connectivity index is 1.15. The molecule has 4 fully saturated rings. The van der Waals surface area contributed by atoms with E-state index >= 15 is 0 Å². The number of anilines is 1. The summed E-state index contributed by atoms with van der Waals surface area (Å²) in [6.07, 6.45) is 4.21. The predicted octanol–water partition coefficient (Wildman–Crippen LogP) is 3.97. The Hall–Kier alpha value is -3.22. The average Bonchev–Trinajstić information content (AvgIpc) is 3.80. The van der Waals surface area contributed by atoms with Gasteiger partial charge < -0.3 is 31.3 Å². The molecule has 0 spiro atoms. The van der Waals surface area contributed by atoms with E-state index in [4.69, 9.17) is 16.2 Å². The topological polar surface area (TPSA) is 148 Å². The molecule has 10 nitrogen and oxygen atoms in total. The van der Waals surface area contributed by atoms with E-state index in [9.17, 15) is 22.4 Å². The molecule has 262 valence electrons. The fraction of sp³-hybridized carbons (Fsp3) is 0.611. The minimum Gasteiger partial charge on any atom is -0.446 e. The third kappa shape index (κ3) is 7.21. The van der Waals surface area contributed by atoms with Crippen LogP contribution >= 0.6 is 0 Å². The first kappa shape index (κ1) is 34.6. The van der Waals surface area contributed by atoms with Crippen LogP contribution in [-0.2, 0) is 24.8 Å². The Kier molecular flexibility index (Phi) is 9.81. The second-order valence-corrected chi connectivity index (χ2v) is 17.3. The number of sulfone groups is 1. The lowest BCUT2D eigenvalue weighted by atomic mass is 9.58. The molecule has 2 amide bonds. The van der Waals surface area contributed by atoms with Gasteiger partial charge in [-0.15, -0.1) is 0 Å². The molecule has 6 rings (SSSR count). The van der Waals surface area contributed by atoms with Crippen molar-refractivity contribution in [2.75, 3.05) is 44.2 Å². The van der Waals surface area contributed by atoms with Gasteiger partial charge in [0.05, 0.1) is 15.7 Å². The lowest BCUT2D eigenvalue weighted by Gasteiger charge is -2.51. The molecule has 2 aliphatic heterocycles. The predicted molar refractivity (Wildman–Crippen MR) is 183 cm³/mol. The monoisotopic (exact) mass is 683 g/mol. The first-order valence-electron chi connectivity index (χ1n) is 17.4. The van der Waals surface area contributed by atoms with Gasteiger partial charge in [0.2, 0.25) is 5.91 Å². The fourth-order valence-corrected chi connectivity index (χ4v) is 10.1. The third-order valence-corrected chi connectivity index (χ3v) is 13.4. The van der Waals surface area contributed by atoms with Crippen LogP contribution in [0.4, 0.5) is 14.9 Å². The zero-order valence-electron chi connectivity index (χ0n) is 28.1. The highest BCUT2D eigenvalue weighted by molar-refractivity contribution is 7.92. The molecule has 5 N–H and O–H groups in total. The summed E-state index contributed by atoms with van der Waals surface area (Å²) in [4.78, 5) is 30.3. The van der Waals surface area contributed by atoms with E-state index in [1.165, 1.54) is 6.07 Å². The Labute approximate surface area is 283 Å². The van der Waals surface area contributed by atoms with E-state index in [1.807, 2.05) is 18.2 Å². The van der Waals surface area contributed by atoms with E-state index in [0.717, 1.165) is 82.5 Å². The number of likely N-dealkylation sites (tertiary alicyclic amines) is 1. The second-order valence-electron chi connectivity index (χ2n) is 15.1. The van der Waals surface area contributed by atoms with Crippen molar-refractivity contribution in [3.05, 3.63) is 59.9 Å². The zero-order chi connectivity index (χ0) is 34.3. The maximum atomic E-state index is 14.9. The van der Waals surface area contributed by atoms with Gasteiger partial charge in [0.15, 0.2) is 9.84 Å². The number of rotatable bonds is 12. The summed E-state index contributed by atoms with van der Waals surface area (Å²) in [5, 5.41) is 2.91. The van der Waals surface area contributed by atoms with Gasteiger partial charge in [-0.2, -0.15) is 0 Å². The number of halogens is 1. The normalized spacial score (nSPS) is 24.1. The number of benzene rings is 2. The van der Waals surface area contributed by atoms with Gasteiger partial charge in [-0.1, -0.05) is 12.1 Å². The van der Waals surface area contributed by atoms with Crippen LogP contribution in [0.25, 0.3) is 0 Å². The molecule has 12 heteroatoms. The quantitative estimate of drug-likeness (QED) is 0.305. The molecule has 2 aromatic rings. The number of nitrogens with one attached hydrogen (secondary N) is 1. The fourth-order valence-electron chi connectivity index (χ4n) is 8.48. The zero-order valence-corrected chi connectivity index (χ0v) is 28.9. The number of primary amides is 1. The summed E-state index contributed by atoms with van der Waals surface area (Å²) in [5.41, 5.74) is 11.7. The lowest BCUT2D eigenvalue weighted by molar-refractivity contribution is -0.126. The average molecular weight is 684 g/mol. The number of nitrogens with zero attached hydrogens (tertiary/aromatic N) is 2. The molecule has 3 atom stereocenters. The Morgan fingerprint density at radius 2 is 1.69 bits per heavy atom. The number of amides is 2. The van der Waals surface area contributed by atoms with Crippen molar-refractivity contribution in [3.63, 3.8) is 0 Å². The number of carbonyl (C=O) groups is 2. The molecule has 0 aromatic heterocycles. The SMILES string of the molecule is CC(C)(N)C(=O)NCC(c1cccc(F)c1)(C1CCN(CC2CN(c3ccc(S(=O)(=O)C4CC4)cc3)C2)CC1)[C@H]1CCC[C@@H]1OC(N)=O. The Morgan fingerprint density at radius 3 is 2.29 bits per heavy atom. The van der Waals surface area contributed by atoms with Gasteiger partial charge in [0.1, 0.15) is 11.9 Å². The number of nitrogens with two attached hydrogens (primary N) is 2. The molecular formula is C36H50FN5O5S. The number of hydrogen-bond donors (Lipinski definition) is 3. The summed E-state index contributed by atoms with van der Waals surface area (Å²) in [5.74, 6) is -0.213. The standard InChI is InChI=1S/C36H50FN5O5S/c1-35(2,39)33(43)40-23-36(26-5-3-6-27(37)19-26,31-7-4-8-32(31)47-34(38)44)25-15-17-41(18-16-25)20-24-21-42(22-24)28-9-11-29(12-10-28)48(45,46)30-13-14-30/h3,5-6,9-12,19,24-25,30-32H,4,7-8,13-18,20-23,39H2,1-2H3,(H2,38,44)(H,40,43)/t31-,32-,36?/m0/s1. The summed E-state index contributed by atoms with van der Waals surface area (Å²) in [6, 6.07) is 14.0. The molecule has 1 unspecified atom stereocenters. The minimum atomic E-state index is -3.19. The lowest BCUT2D eigenvalue weighted by Crippen LogP contribution is -2.59. The van der Waals surface area contributed by atoms with Crippen LogP contribution < -0.4 is 21.7 Å². The minimum absolute atomic E-state index is 0.0853. The van der Waals surface area contributed by atoms with Gasteiger partial charge >= 0.3 is 6.09 Å². The molecule has 2 saturated heterocycles. The van der Waals surface area contributed by atoms with Crippen LogP contribution in [0, 0.1) is 23.6 Å². The molecule has 2 saturated carbocycles. The van der Waals surface area contributed by atoms with Crippen LogP contribution in [-0.4, -0.2) is 81.5 Å². The van der Waals surface area contributed by atoms with Crippen molar-refractivity contribution in [2.24, 2.45) is 29.2 Å². The van der Waals surface area contributed by atoms with Crippen molar-refractivity contribution in [1.82, 2.24) is 10.2 Å². The summed E-state index contributed by atoms with van der Waals surface area (Å²) in [6.45, 7) is 8.08. The van der Waals surface area contributed by atoms with Crippen molar-refractivity contribution >= 4 is 27.5 Å². The molecule has 2 heterocycles. The van der Waals surface area contributed by atoms with E-state index in [2.05, 4.69) is 15.1 Å². The number of ether oxygens (including phenoxy) is 1. The van der Waals surface area contributed by atoms with Gasteiger partial charge in [-0.3, -0.25) is 4.79 Å². The highest BCUT2D eigenvalue weighted by Crippen LogP contribution is 2.51. The maximum absolute atomic E-state index is 14.9. The van der Waals surface area contributed by atoms with E-state index in [-0.39, 0.29) is 35.4 Å². The highest BCUT2D eigenvalue weighted by Gasteiger charge is 2.53. The Morgan fingerprint density at radius 1 is 1.00 bits per heavy atom. The summed E-state index contributed by atoms with van der Waals surface area (Å²) in [7, 11) is -3.19. The van der Waals surface area contributed by atoms with Crippen LogP contribution in [0.1, 0.15) is 64.4 Å². The first-order chi connectivity index (χ1) is 22.8. The third-order valence-electron chi connectivity index (χ3n) is 11.2. The van der Waals surface area contributed by atoms with E-state index in [0.29, 0.717) is 17.2 Å². The van der Waals surface area contributed by atoms with Crippen molar-refractivity contribution < 1.29 is 27.1 Å². The number of hydrogen-bond acceptors (Lipinski definition) is 8. The maximum Gasteiger partial charge on any atom is 0.404 e. The van der Waals surface area contributed by atoms with Crippen molar-refractivity contribution in [2.45, 2.75) is 86.0 Å². The molecular weight excluding hydrogens is 633 g/mol. The van der Waals surface area contributed by atoms with Crippen LogP contribution in [0.5, 0.6) is 0 Å². The molecule has 4 aliphatic rings. The van der Waals surface area contributed by atoms with Gasteiger partial charge in [0.25, 0.3) is 0 Å². The molecule has 2 aliphatic carbocycles. The second kappa shape index (κ2) is 13.6. The number of carbonyl (C=O) groups excluding carboxylic acids is 2. The molecule has 48 heavy (non-hydrogen) atoms. The van der Waals surface area contributed by atoms with Crippen LogP contribution in [0.15, 0.2) is 53.4 Å². The van der Waals surface area contributed by atoms with E-state index in [1.54, 1.807) is 38.1 Å². The van der Waals surface area contributed by atoms with Gasteiger partial charge in [-0.05, 0) is 120 Å². The summed E-state index contributed by atoms with van der Waals surface area (Å²) >= 11 is 0. The van der Waals surface area contributed by atoms with Crippen LogP contribution in [0.3, 0.4) is 0 Å². The van der Waals surface area contributed by atoms with Gasteiger partial charge in [-0.25, -0.2) is 17.6 Å². The largest absolute Gasteiger partial charge is 0.446 e. The van der Waals surface area contributed by atoms with Crippen LogP contribution in [0.2, 0.25) is 0 Å². The molecule has 0 bridgehead atoms. The van der Waals surface area contributed by atoms with Crippen molar-refractivity contribution in [1.29, 1.82) is 0 Å². The molecule has 2 aromatic carbocycles. The molecule has 0 radical (unpaired) electrons.